The Balaban J connectivity index is 2.14. The fourth-order valence-electron chi connectivity index (χ4n) is 2.53. The molecule has 0 aliphatic rings. The summed E-state index contributed by atoms with van der Waals surface area (Å²) in [6.07, 6.45) is 4.86. The van der Waals surface area contributed by atoms with E-state index in [1.165, 1.54) is 5.56 Å². The van der Waals surface area contributed by atoms with E-state index in [4.69, 9.17) is 0 Å². The van der Waals surface area contributed by atoms with Gasteiger partial charge in [-0.1, -0.05) is 25.1 Å². The van der Waals surface area contributed by atoms with Crippen LogP contribution in [0.5, 0.6) is 0 Å². The first-order valence-electron chi connectivity index (χ1n) is 7.11. The van der Waals surface area contributed by atoms with Gasteiger partial charge in [-0.05, 0) is 43.0 Å². The minimum atomic E-state index is -2.24. The van der Waals surface area contributed by atoms with Crippen LogP contribution in [0.2, 0.25) is 0 Å². The average Bonchev–Trinajstić information content (AvgIpc) is 2.88. The first-order chi connectivity index (χ1) is 9.99. The lowest BCUT2D eigenvalue weighted by molar-refractivity contribution is 0.588. The van der Waals surface area contributed by atoms with Gasteiger partial charge < -0.3 is 9.55 Å². The number of aromatic nitrogens is 2. The highest BCUT2D eigenvalue weighted by atomic mass is 31.2. The van der Waals surface area contributed by atoms with Gasteiger partial charge in [0.1, 0.15) is 12.8 Å². The Morgan fingerprint density at radius 1 is 1.19 bits per heavy atom. The number of hydrogen-bond acceptors (Lipinski definition) is 2. The fourth-order valence-corrected chi connectivity index (χ4v) is 3.42. The van der Waals surface area contributed by atoms with Gasteiger partial charge >= 0.3 is 0 Å². The summed E-state index contributed by atoms with van der Waals surface area (Å²) in [7, 11) is -2.24. The standard InChI is InChI=1S/C17H19N2OP/c1-4-12-10-18-17-16(12)9-14(11-19-17)13-6-5-7-15(8-13)21(2,3)20/h5-11H,4H2,1-3H3,(H,18,19). The number of fused-ring (bicyclic) bond motifs is 1. The van der Waals surface area contributed by atoms with Crippen molar-refractivity contribution in [2.24, 2.45) is 0 Å². The number of benzene rings is 1. The van der Waals surface area contributed by atoms with Crippen molar-refractivity contribution < 1.29 is 4.57 Å². The molecule has 0 atom stereocenters. The van der Waals surface area contributed by atoms with Crippen LogP contribution < -0.4 is 5.30 Å². The van der Waals surface area contributed by atoms with Crippen molar-refractivity contribution in [2.75, 3.05) is 13.3 Å². The Morgan fingerprint density at radius 2 is 2.00 bits per heavy atom. The molecule has 4 heteroatoms. The summed E-state index contributed by atoms with van der Waals surface area (Å²) in [4.78, 5) is 7.69. The van der Waals surface area contributed by atoms with Crippen LogP contribution >= 0.6 is 7.14 Å². The molecule has 0 saturated carbocycles. The van der Waals surface area contributed by atoms with Gasteiger partial charge in [0.15, 0.2) is 0 Å². The number of aromatic amines is 1. The highest BCUT2D eigenvalue weighted by molar-refractivity contribution is 7.70. The molecule has 0 bridgehead atoms. The molecule has 0 spiro atoms. The van der Waals surface area contributed by atoms with E-state index < -0.39 is 7.14 Å². The normalized spacial score (nSPS) is 12.0. The highest BCUT2D eigenvalue weighted by Gasteiger charge is 2.12. The zero-order valence-corrected chi connectivity index (χ0v) is 13.4. The van der Waals surface area contributed by atoms with E-state index in [9.17, 15) is 4.57 Å². The predicted molar refractivity (Wildman–Crippen MR) is 90.0 cm³/mol. The Labute approximate surface area is 124 Å². The molecule has 108 valence electrons. The van der Waals surface area contributed by atoms with Crippen LogP contribution in [0, 0.1) is 0 Å². The highest BCUT2D eigenvalue weighted by Crippen LogP contribution is 2.36. The molecule has 3 aromatic rings. The van der Waals surface area contributed by atoms with E-state index in [2.05, 4.69) is 23.0 Å². The maximum atomic E-state index is 12.3. The maximum absolute atomic E-state index is 12.3. The van der Waals surface area contributed by atoms with E-state index in [1.807, 2.05) is 36.7 Å². The topological polar surface area (TPSA) is 45.8 Å². The monoisotopic (exact) mass is 298 g/mol. The molecule has 0 unspecified atom stereocenters. The summed E-state index contributed by atoms with van der Waals surface area (Å²) in [6.45, 7) is 5.74. The molecule has 2 heterocycles. The van der Waals surface area contributed by atoms with Crippen molar-refractivity contribution in [2.45, 2.75) is 13.3 Å². The molecule has 0 radical (unpaired) electrons. The minimum absolute atomic E-state index is 0.907. The summed E-state index contributed by atoms with van der Waals surface area (Å²) in [5.41, 5.74) is 4.32. The van der Waals surface area contributed by atoms with Crippen LogP contribution in [0.15, 0.2) is 42.7 Å². The molecule has 0 aliphatic carbocycles. The second-order valence-electron chi connectivity index (χ2n) is 5.69. The number of nitrogens with one attached hydrogen (secondary N) is 1. The van der Waals surface area contributed by atoms with Crippen LogP contribution in [0.4, 0.5) is 0 Å². The van der Waals surface area contributed by atoms with E-state index >= 15 is 0 Å². The van der Waals surface area contributed by atoms with E-state index in [1.54, 1.807) is 13.3 Å². The Kier molecular flexibility index (Phi) is 3.46. The number of pyridine rings is 1. The quantitative estimate of drug-likeness (QED) is 0.742. The summed E-state index contributed by atoms with van der Waals surface area (Å²) in [5.74, 6) is 0. The zero-order valence-electron chi connectivity index (χ0n) is 12.6. The van der Waals surface area contributed by atoms with E-state index in [-0.39, 0.29) is 0 Å². The Hall–Kier alpha value is -1.86. The van der Waals surface area contributed by atoms with Gasteiger partial charge in [0.05, 0.1) is 0 Å². The lowest BCUT2D eigenvalue weighted by atomic mass is 10.1. The molecule has 21 heavy (non-hydrogen) atoms. The lowest BCUT2D eigenvalue weighted by Gasteiger charge is -2.09. The van der Waals surface area contributed by atoms with Gasteiger partial charge in [0, 0.05) is 28.6 Å². The molecule has 0 aliphatic heterocycles. The molecule has 0 fully saturated rings. The van der Waals surface area contributed by atoms with Crippen LogP contribution in [0.3, 0.4) is 0 Å². The summed E-state index contributed by atoms with van der Waals surface area (Å²) < 4.78 is 12.3. The number of aryl methyl sites for hydroxylation is 1. The molecular formula is C17H19N2OP. The van der Waals surface area contributed by atoms with Crippen LogP contribution in [0.1, 0.15) is 12.5 Å². The zero-order chi connectivity index (χ0) is 15.0. The van der Waals surface area contributed by atoms with Crippen molar-refractivity contribution in [1.82, 2.24) is 9.97 Å². The smallest absolute Gasteiger partial charge is 0.137 e. The van der Waals surface area contributed by atoms with Crippen molar-refractivity contribution in [3.63, 3.8) is 0 Å². The SMILES string of the molecule is CCc1c[nH]c2ncc(-c3cccc(P(C)(C)=O)c3)cc12. The number of hydrogen-bond donors (Lipinski definition) is 1. The second kappa shape index (κ2) is 5.16. The van der Waals surface area contributed by atoms with Crippen molar-refractivity contribution in [1.29, 1.82) is 0 Å². The van der Waals surface area contributed by atoms with Crippen molar-refractivity contribution in [3.05, 3.63) is 48.3 Å². The number of H-pyrrole nitrogens is 1. The van der Waals surface area contributed by atoms with Gasteiger partial charge in [-0.25, -0.2) is 4.98 Å². The molecule has 1 N–H and O–H groups in total. The van der Waals surface area contributed by atoms with Gasteiger partial charge in [0.2, 0.25) is 0 Å². The predicted octanol–water partition coefficient (Wildman–Crippen LogP) is 4.04. The first kappa shape index (κ1) is 14.1. The van der Waals surface area contributed by atoms with E-state index in [0.29, 0.717) is 0 Å². The Bertz CT molecular complexity index is 845. The number of nitrogens with zero attached hydrogens (tertiary/aromatic N) is 1. The molecule has 2 aromatic heterocycles. The van der Waals surface area contributed by atoms with Crippen LogP contribution in [-0.4, -0.2) is 23.3 Å². The molecular weight excluding hydrogens is 279 g/mol. The van der Waals surface area contributed by atoms with E-state index in [0.717, 1.165) is 33.9 Å². The molecule has 0 saturated heterocycles. The lowest BCUT2D eigenvalue weighted by Crippen LogP contribution is -2.02. The average molecular weight is 298 g/mol. The van der Waals surface area contributed by atoms with Crippen molar-refractivity contribution >= 4 is 23.5 Å². The summed E-state index contributed by atoms with van der Waals surface area (Å²) in [5, 5.41) is 2.07. The molecule has 1 aromatic carbocycles. The number of rotatable bonds is 3. The fraction of sp³-hybridized carbons (Fsp3) is 0.235. The van der Waals surface area contributed by atoms with Crippen LogP contribution in [0.25, 0.3) is 22.2 Å². The minimum Gasteiger partial charge on any atom is -0.346 e. The third-order valence-corrected chi connectivity index (χ3v) is 5.32. The second-order valence-corrected chi connectivity index (χ2v) is 8.91. The third-order valence-electron chi connectivity index (χ3n) is 3.80. The maximum Gasteiger partial charge on any atom is 0.137 e. The molecule has 0 amide bonds. The van der Waals surface area contributed by atoms with Crippen LogP contribution in [-0.2, 0) is 11.0 Å². The van der Waals surface area contributed by atoms with Gasteiger partial charge in [-0.15, -0.1) is 0 Å². The van der Waals surface area contributed by atoms with Gasteiger partial charge in [-0.3, -0.25) is 0 Å². The molecule has 3 rings (SSSR count). The summed E-state index contributed by atoms with van der Waals surface area (Å²) >= 11 is 0. The molecule has 3 nitrogen and oxygen atoms in total. The largest absolute Gasteiger partial charge is 0.346 e. The summed E-state index contributed by atoms with van der Waals surface area (Å²) in [6, 6.07) is 10.1. The van der Waals surface area contributed by atoms with Gasteiger partial charge in [-0.2, -0.15) is 0 Å². The third kappa shape index (κ3) is 2.66. The van der Waals surface area contributed by atoms with Gasteiger partial charge in [0.25, 0.3) is 0 Å². The Morgan fingerprint density at radius 3 is 2.71 bits per heavy atom. The first-order valence-corrected chi connectivity index (χ1v) is 9.71. The van der Waals surface area contributed by atoms with Crippen molar-refractivity contribution in [3.8, 4) is 11.1 Å².